The van der Waals surface area contributed by atoms with Crippen LogP contribution in [0.4, 0.5) is 0 Å². The highest BCUT2D eigenvalue weighted by Gasteiger charge is 2.39. The highest BCUT2D eigenvalue weighted by Crippen LogP contribution is 2.26. The average Bonchev–Trinajstić information content (AvgIpc) is 2.50. The molecule has 1 unspecified atom stereocenters. The number of hydrogen-bond acceptors (Lipinski definition) is 5. The van der Waals surface area contributed by atoms with Crippen LogP contribution in [0.3, 0.4) is 0 Å². The van der Waals surface area contributed by atoms with E-state index in [1.165, 1.54) is 0 Å². The fourth-order valence-corrected chi connectivity index (χ4v) is 2.01. The minimum Gasteiger partial charge on any atom is -0.463 e. The average molecular weight is 311 g/mol. The Balaban J connectivity index is 4.81. The van der Waals surface area contributed by atoms with E-state index in [2.05, 4.69) is 13.2 Å². The predicted octanol–water partition coefficient (Wildman–Crippen LogP) is 2.03. The highest BCUT2D eigenvalue weighted by atomic mass is 16.6. The van der Waals surface area contributed by atoms with E-state index in [0.29, 0.717) is 19.3 Å². The molecule has 0 aromatic heterocycles. The van der Waals surface area contributed by atoms with E-state index in [-0.39, 0.29) is 13.0 Å². The Kier molecular flexibility index (Phi) is 9.58. The van der Waals surface area contributed by atoms with E-state index in [0.717, 1.165) is 25.0 Å². The van der Waals surface area contributed by atoms with Crippen molar-refractivity contribution in [2.45, 2.75) is 51.0 Å². The third kappa shape index (κ3) is 7.06. The summed E-state index contributed by atoms with van der Waals surface area (Å²) in [7, 11) is 0. The topological polar surface area (TPSA) is 95.7 Å². The summed E-state index contributed by atoms with van der Waals surface area (Å²) in [6.07, 6.45) is 5.49. The fourth-order valence-electron chi connectivity index (χ4n) is 2.01. The van der Waals surface area contributed by atoms with Crippen LogP contribution in [0.1, 0.15) is 45.4 Å². The van der Waals surface area contributed by atoms with Gasteiger partial charge in [0, 0.05) is 12.2 Å². The first-order valence-electron chi connectivity index (χ1n) is 7.36. The maximum Gasteiger partial charge on any atom is 0.331 e. The van der Waals surface area contributed by atoms with Crippen LogP contribution in [-0.2, 0) is 23.9 Å². The first-order chi connectivity index (χ1) is 10.4. The van der Waals surface area contributed by atoms with Crippen LogP contribution < -0.4 is 5.73 Å². The highest BCUT2D eigenvalue weighted by molar-refractivity contribution is 5.89. The van der Waals surface area contributed by atoms with Crippen molar-refractivity contribution in [3.05, 3.63) is 25.3 Å². The Morgan fingerprint density at radius 2 is 1.64 bits per heavy atom. The molecular formula is C16H25NO5. The molecule has 22 heavy (non-hydrogen) atoms. The zero-order valence-corrected chi connectivity index (χ0v) is 13.1. The molecule has 2 N–H and O–H groups in total. The molecule has 0 heterocycles. The van der Waals surface area contributed by atoms with Crippen molar-refractivity contribution in [2.24, 2.45) is 5.73 Å². The Bertz CT molecular complexity index is 419. The first kappa shape index (κ1) is 19.9. The largest absolute Gasteiger partial charge is 0.463 e. The summed E-state index contributed by atoms with van der Waals surface area (Å²) in [4.78, 5) is 34.3. The van der Waals surface area contributed by atoms with Crippen LogP contribution in [0.2, 0.25) is 0 Å². The van der Waals surface area contributed by atoms with Gasteiger partial charge in [0.05, 0.1) is 6.61 Å². The standard InChI is InChI=1S/C16H25NO5/c1-4-7-8-10-16(15(17)20,22-14(19)6-3)11-9-12-21-13(18)5-2/h5-6H,2-4,7-12H2,1H3,(H2,17,20). The molecule has 6 heteroatoms. The van der Waals surface area contributed by atoms with Gasteiger partial charge in [0.15, 0.2) is 5.60 Å². The van der Waals surface area contributed by atoms with E-state index in [1.807, 2.05) is 6.92 Å². The summed E-state index contributed by atoms with van der Waals surface area (Å²) < 4.78 is 10.1. The third-order valence-electron chi connectivity index (χ3n) is 3.23. The van der Waals surface area contributed by atoms with Gasteiger partial charge in [-0.2, -0.15) is 0 Å². The number of amides is 1. The fraction of sp³-hybridized carbons (Fsp3) is 0.562. The number of ether oxygens (including phenoxy) is 2. The van der Waals surface area contributed by atoms with Crippen LogP contribution in [0.25, 0.3) is 0 Å². The Hall–Kier alpha value is -2.11. The second-order valence-corrected chi connectivity index (χ2v) is 4.92. The maximum atomic E-state index is 11.8. The molecule has 6 nitrogen and oxygen atoms in total. The molecular weight excluding hydrogens is 286 g/mol. The Morgan fingerprint density at radius 3 is 2.14 bits per heavy atom. The van der Waals surface area contributed by atoms with E-state index in [4.69, 9.17) is 15.2 Å². The van der Waals surface area contributed by atoms with Crippen molar-refractivity contribution in [1.29, 1.82) is 0 Å². The normalized spacial score (nSPS) is 12.8. The van der Waals surface area contributed by atoms with Crippen molar-refractivity contribution in [3.63, 3.8) is 0 Å². The van der Waals surface area contributed by atoms with Crippen LogP contribution >= 0.6 is 0 Å². The molecule has 1 amide bonds. The zero-order chi connectivity index (χ0) is 17.0. The molecule has 0 rings (SSSR count). The molecule has 0 aliphatic rings. The van der Waals surface area contributed by atoms with Gasteiger partial charge in [-0.3, -0.25) is 4.79 Å². The number of hydrogen-bond donors (Lipinski definition) is 1. The summed E-state index contributed by atoms with van der Waals surface area (Å²) in [5, 5.41) is 0. The Morgan fingerprint density at radius 1 is 1.05 bits per heavy atom. The molecule has 0 aliphatic carbocycles. The minimum absolute atomic E-state index is 0.0965. The maximum absolute atomic E-state index is 11.8. The number of carbonyl (C=O) groups excluding carboxylic acids is 3. The lowest BCUT2D eigenvalue weighted by molar-refractivity contribution is -0.165. The summed E-state index contributed by atoms with van der Waals surface area (Å²) >= 11 is 0. The van der Waals surface area contributed by atoms with Gasteiger partial charge in [-0.05, 0) is 25.7 Å². The molecule has 1 atom stereocenters. The molecule has 0 spiro atoms. The number of primary amides is 1. The predicted molar refractivity (Wildman–Crippen MR) is 82.7 cm³/mol. The lowest BCUT2D eigenvalue weighted by Gasteiger charge is -2.30. The lowest BCUT2D eigenvalue weighted by atomic mass is 9.90. The quantitative estimate of drug-likeness (QED) is 0.338. The molecule has 0 aromatic rings. The van der Waals surface area contributed by atoms with E-state index >= 15 is 0 Å². The van der Waals surface area contributed by atoms with E-state index in [1.54, 1.807) is 0 Å². The van der Waals surface area contributed by atoms with Crippen LogP contribution in [0.5, 0.6) is 0 Å². The van der Waals surface area contributed by atoms with Crippen LogP contribution in [-0.4, -0.2) is 30.1 Å². The summed E-state index contributed by atoms with van der Waals surface area (Å²) in [5.74, 6) is -1.94. The summed E-state index contributed by atoms with van der Waals surface area (Å²) in [6.45, 7) is 8.73. The number of esters is 2. The Labute approximate surface area is 131 Å². The van der Waals surface area contributed by atoms with Crippen molar-refractivity contribution >= 4 is 17.8 Å². The number of nitrogens with two attached hydrogens (primary N) is 1. The molecule has 124 valence electrons. The van der Waals surface area contributed by atoms with Gasteiger partial charge in [0.1, 0.15) is 0 Å². The van der Waals surface area contributed by atoms with Gasteiger partial charge in [-0.15, -0.1) is 0 Å². The summed E-state index contributed by atoms with van der Waals surface area (Å²) in [6, 6.07) is 0. The van der Waals surface area contributed by atoms with Crippen LogP contribution in [0.15, 0.2) is 25.3 Å². The van der Waals surface area contributed by atoms with Gasteiger partial charge < -0.3 is 15.2 Å². The molecule has 0 fully saturated rings. The van der Waals surface area contributed by atoms with Gasteiger partial charge in [-0.1, -0.05) is 32.9 Å². The van der Waals surface area contributed by atoms with Gasteiger partial charge in [-0.25, -0.2) is 9.59 Å². The zero-order valence-electron chi connectivity index (χ0n) is 13.1. The van der Waals surface area contributed by atoms with E-state index < -0.39 is 23.4 Å². The minimum atomic E-state index is -1.39. The number of carbonyl (C=O) groups is 3. The number of unbranched alkanes of at least 4 members (excludes halogenated alkanes) is 2. The molecule has 0 saturated carbocycles. The smallest absolute Gasteiger partial charge is 0.331 e. The summed E-state index contributed by atoms with van der Waals surface area (Å²) in [5.41, 5.74) is 4.06. The van der Waals surface area contributed by atoms with Gasteiger partial charge >= 0.3 is 11.9 Å². The van der Waals surface area contributed by atoms with E-state index in [9.17, 15) is 14.4 Å². The second-order valence-electron chi connectivity index (χ2n) is 4.92. The van der Waals surface area contributed by atoms with Crippen molar-refractivity contribution in [2.75, 3.05) is 6.61 Å². The lowest BCUT2D eigenvalue weighted by Crippen LogP contribution is -2.47. The third-order valence-corrected chi connectivity index (χ3v) is 3.23. The molecule has 0 aromatic carbocycles. The SMILES string of the molecule is C=CC(=O)OCCCC(CCCCC)(OC(=O)C=C)C(N)=O. The van der Waals surface area contributed by atoms with Gasteiger partial charge in [0.2, 0.25) is 0 Å². The van der Waals surface area contributed by atoms with Crippen molar-refractivity contribution in [3.8, 4) is 0 Å². The van der Waals surface area contributed by atoms with Crippen molar-refractivity contribution in [1.82, 2.24) is 0 Å². The first-order valence-corrected chi connectivity index (χ1v) is 7.36. The second kappa shape index (κ2) is 10.6. The molecule has 0 aliphatic heterocycles. The van der Waals surface area contributed by atoms with Crippen LogP contribution in [0, 0.1) is 0 Å². The van der Waals surface area contributed by atoms with Gasteiger partial charge in [0.25, 0.3) is 5.91 Å². The molecule has 0 bridgehead atoms. The monoisotopic (exact) mass is 311 g/mol. The molecule has 0 saturated heterocycles. The molecule has 0 radical (unpaired) electrons. The number of rotatable bonds is 12. The van der Waals surface area contributed by atoms with Crippen molar-refractivity contribution < 1.29 is 23.9 Å².